The molecule has 26 heavy (non-hydrogen) atoms. The molecule has 0 atom stereocenters. The SMILES string of the molecule is C1=CC(C(=C(c2ccccc2)c2ccccc2)c2ccccc2)C=CC1. The Labute approximate surface area is 155 Å². The largest absolute Gasteiger partial charge is 0.0838 e. The van der Waals surface area contributed by atoms with Gasteiger partial charge in [-0.25, -0.2) is 0 Å². The Balaban J connectivity index is 2.03. The second kappa shape index (κ2) is 7.84. The van der Waals surface area contributed by atoms with Gasteiger partial charge in [0.2, 0.25) is 0 Å². The van der Waals surface area contributed by atoms with E-state index in [1.165, 1.54) is 27.8 Å². The summed E-state index contributed by atoms with van der Waals surface area (Å²) in [6.45, 7) is 0. The van der Waals surface area contributed by atoms with Crippen LogP contribution in [0.3, 0.4) is 0 Å². The van der Waals surface area contributed by atoms with Crippen LogP contribution in [0.4, 0.5) is 0 Å². The first-order valence-electron chi connectivity index (χ1n) is 9.17. The molecule has 0 unspecified atom stereocenters. The third kappa shape index (κ3) is 3.45. The summed E-state index contributed by atoms with van der Waals surface area (Å²) in [5, 5.41) is 0. The zero-order valence-corrected chi connectivity index (χ0v) is 14.8. The Hall–Kier alpha value is -3.12. The minimum Gasteiger partial charge on any atom is -0.0838 e. The number of hydrogen-bond acceptors (Lipinski definition) is 0. The lowest BCUT2D eigenvalue weighted by molar-refractivity contribution is 1.04. The van der Waals surface area contributed by atoms with Crippen LogP contribution in [-0.2, 0) is 0 Å². The number of rotatable bonds is 4. The van der Waals surface area contributed by atoms with E-state index in [0.29, 0.717) is 0 Å². The second-order valence-electron chi connectivity index (χ2n) is 6.50. The van der Waals surface area contributed by atoms with Crippen molar-refractivity contribution in [1.29, 1.82) is 0 Å². The molecule has 0 amide bonds. The van der Waals surface area contributed by atoms with Crippen LogP contribution in [0.1, 0.15) is 23.1 Å². The third-order valence-electron chi connectivity index (χ3n) is 4.77. The van der Waals surface area contributed by atoms with Gasteiger partial charge in [-0.3, -0.25) is 0 Å². The molecule has 126 valence electrons. The van der Waals surface area contributed by atoms with Gasteiger partial charge in [-0.15, -0.1) is 0 Å². The Morgan fingerprint density at radius 2 is 0.962 bits per heavy atom. The van der Waals surface area contributed by atoms with Gasteiger partial charge in [-0.05, 0) is 34.3 Å². The fourth-order valence-electron chi connectivity index (χ4n) is 3.59. The molecule has 0 saturated heterocycles. The van der Waals surface area contributed by atoms with E-state index in [1.54, 1.807) is 0 Å². The van der Waals surface area contributed by atoms with E-state index >= 15 is 0 Å². The van der Waals surface area contributed by atoms with Gasteiger partial charge in [0.05, 0.1) is 0 Å². The maximum atomic E-state index is 2.33. The fraction of sp³-hybridized carbons (Fsp3) is 0.0769. The second-order valence-corrected chi connectivity index (χ2v) is 6.50. The van der Waals surface area contributed by atoms with Crippen LogP contribution in [-0.4, -0.2) is 0 Å². The van der Waals surface area contributed by atoms with Crippen LogP contribution in [0.2, 0.25) is 0 Å². The molecule has 4 rings (SSSR count). The van der Waals surface area contributed by atoms with Crippen LogP contribution in [0.25, 0.3) is 11.1 Å². The van der Waals surface area contributed by atoms with Gasteiger partial charge in [-0.2, -0.15) is 0 Å². The molecule has 1 aliphatic rings. The molecule has 0 saturated carbocycles. The van der Waals surface area contributed by atoms with E-state index in [4.69, 9.17) is 0 Å². The minimum absolute atomic E-state index is 0.279. The molecule has 0 spiro atoms. The summed E-state index contributed by atoms with van der Waals surface area (Å²) in [6, 6.07) is 32.2. The van der Waals surface area contributed by atoms with Gasteiger partial charge in [0, 0.05) is 5.92 Å². The van der Waals surface area contributed by atoms with Gasteiger partial charge in [-0.1, -0.05) is 115 Å². The predicted octanol–water partition coefficient (Wildman–Crippen LogP) is 6.78. The molecule has 3 aromatic carbocycles. The lowest BCUT2D eigenvalue weighted by Gasteiger charge is -2.22. The van der Waals surface area contributed by atoms with Gasteiger partial charge in [0.25, 0.3) is 0 Å². The van der Waals surface area contributed by atoms with E-state index < -0.39 is 0 Å². The number of hydrogen-bond donors (Lipinski definition) is 0. The van der Waals surface area contributed by atoms with Crippen LogP contribution < -0.4 is 0 Å². The molecular formula is C26H22. The van der Waals surface area contributed by atoms with E-state index in [2.05, 4.69) is 115 Å². The molecule has 0 aliphatic heterocycles. The van der Waals surface area contributed by atoms with Crippen molar-refractivity contribution in [3.8, 4) is 0 Å². The molecule has 0 bridgehead atoms. The summed E-state index contributed by atoms with van der Waals surface area (Å²) in [7, 11) is 0. The summed E-state index contributed by atoms with van der Waals surface area (Å²) in [6.07, 6.45) is 10.2. The third-order valence-corrected chi connectivity index (χ3v) is 4.77. The maximum absolute atomic E-state index is 2.33. The van der Waals surface area contributed by atoms with Gasteiger partial charge in [0.1, 0.15) is 0 Å². The predicted molar refractivity (Wildman–Crippen MR) is 112 cm³/mol. The molecule has 0 radical (unpaired) electrons. The summed E-state index contributed by atoms with van der Waals surface area (Å²) >= 11 is 0. The van der Waals surface area contributed by atoms with Crippen LogP contribution >= 0.6 is 0 Å². The standard InChI is InChI=1S/C26H22/c1-5-13-21(14-6-1)25(22-15-7-2-8-16-22)26(23-17-9-3-10-18-23)24-19-11-4-12-20-24/h1-3,5-20,24H,4H2. The molecular weight excluding hydrogens is 312 g/mol. The molecule has 1 aliphatic carbocycles. The summed E-state index contributed by atoms with van der Waals surface area (Å²) < 4.78 is 0. The summed E-state index contributed by atoms with van der Waals surface area (Å²) in [4.78, 5) is 0. The van der Waals surface area contributed by atoms with E-state index in [-0.39, 0.29) is 5.92 Å². The molecule has 0 N–H and O–H groups in total. The van der Waals surface area contributed by atoms with Crippen molar-refractivity contribution in [1.82, 2.24) is 0 Å². The zero-order valence-electron chi connectivity index (χ0n) is 14.8. The smallest absolute Gasteiger partial charge is 0.0211 e. The average molecular weight is 334 g/mol. The van der Waals surface area contributed by atoms with Crippen molar-refractivity contribution < 1.29 is 0 Å². The van der Waals surface area contributed by atoms with Crippen LogP contribution in [0, 0.1) is 5.92 Å². The minimum atomic E-state index is 0.279. The lowest BCUT2D eigenvalue weighted by atomic mass is 9.81. The van der Waals surface area contributed by atoms with Crippen molar-refractivity contribution in [2.45, 2.75) is 6.42 Å². The Kier molecular flexibility index (Phi) is 4.93. The monoisotopic (exact) mass is 334 g/mol. The molecule has 0 aromatic heterocycles. The van der Waals surface area contributed by atoms with Crippen molar-refractivity contribution >= 4 is 11.1 Å². The quantitative estimate of drug-likeness (QED) is 0.364. The van der Waals surface area contributed by atoms with Gasteiger partial charge in [0.15, 0.2) is 0 Å². The normalized spacial score (nSPS) is 13.5. The highest BCUT2D eigenvalue weighted by atomic mass is 14.2. The van der Waals surface area contributed by atoms with Gasteiger partial charge < -0.3 is 0 Å². The number of benzene rings is 3. The number of allylic oxidation sites excluding steroid dienone is 5. The van der Waals surface area contributed by atoms with Crippen LogP contribution in [0.5, 0.6) is 0 Å². The molecule has 0 nitrogen and oxygen atoms in total. The first-order chi connectivity index (χ1) is 12.9. The zero-order chi connectivity index (χ0) is 17.6. The molecule has 3 aromatic rings. The Morgan fingerprint density at radius 3 is 1.42 bits per heavy atom. The van der Waals surface area contributed by atoms with Crippen molar-refractivity contribution in [2.75, 3.05) is 0 Å². The van der Waals surface area contributed by atoms with Crippen molar-refractivity contribution in [3.05, 3.63) is 132 Å². The first-order valence-corrected chi connectivity index (χ1v) is 9.17. The Morgan fingerprint density at radius 1 is 0.538 bits per heavy atom. The average Bonchev–Trinajstić information content (AvgIpc) is 2.74. The molecule has 0 heteroatoms. The van der Waals surface area contributed by atoms with Gasteiger partial charge >= 0.3 is 0 Å². The summed E-state index contributed by atoms with van der Waals surface area (Å²) in [5.41, 5.74) is 6.44. The van der Waals surface area contributed by atoms with Crippen molar-refractivity contribution in [3.63, 3.8) is 0 Å². The highest BCUT2D eigenvalue weighted by molar-refractivity contribution is 6.00. The topological polar surface area (TPSA) is 0 Å². The molecule has 0 fully saturated rings. The first kappa shape index (κ1) is 16.4. The van der Waals surface area contributed by atoms with E-state index in [9.17, 15) is 0 Å². The summed E-state index contributed by atoms with van der Waals surface area (Å²) in [5.74, 6) is 0.279. The van der Waals surface area contributed by atoms with E-state index in [0.717, 1.165) is 6.42 Å². The Bertz CT molecular complexity index is 876. The molecule has 0 heterocycles. The lowest BCUT2D eigenvalue weighted by Crippen LogP contribution is -2.04. The maximum Gasteiger partial charge on any atom is 0.0211 e. The van der Waals surface area contributed by atoms with Crippen LogP contribution in [0.15, 0.2) is 115 Å². The highest BCUT2D eigenvalue weighted by Gasteiger charge is 2.19. The van der Waals surface area contributed by atoms with E-state index in [1.807, 2.05) is 0 Å². The highest BCUT2D eigenvalue weighted by Crippen LogP contribution is 2.38. The fourth-order valence-corrected chi connectivity index (χ4v) is 3.59. The van der Waals surface area contributed by atoms with Crippen molar-refractivity contribution in [2.24, 2.45) is 5.92 Å².